The lowest BCUT2D eigenvalue weighted by atomic mass is 10.3. The van der Waals surface area contributed by atoms with Crippen LogP contribution in [0.5, 0.6) is 17.4 Å². The quantitative estimate of drug-likeness (QED) is 0.651. The lowest BCUT2D eigenvalue weighted by molar-refractivity contribution is -0.118. The van der Waals surface area contributed by atoms with Gasteiger partial charge in [0.1, 0.15) is 16.5 Å². The van der Waals surface area contributed by atoms with E-state index in [9.17, 15) is 4.79 Å². The first kappa shape index (κ1) is 17.8. The van der Waals surface area contributed by atoms with Crippen molar-refractivity contribution in [3.05, 3.63) is 53.7 Å². The molecule has 3 rings (SSSR count). The van der Waals surface area contributed by atoms with Crippen LogP contribution in [0.3, 0.4) is 0 Å². The van der Waals surface area contributed by atoms with Gasteiger partial charge in [0.15, 0.2) is 6.61 Å². The molecule has 0 fully saturated rings. The number of carbonyl (C=O) groups is 1. The molecule has 7 nitrogen and oxygen atoms in total. The van der Waals surface area contributed by atoms with Crippen LogP contribution in [-0.4, -0.2) is 27.7 Å². The van der Waals surface area contributed by atoms with Crippen LogP contribution in [0.2, 0.25) is 0 Å². The minimum absolute atomic E-state index is 0.108. The summed E-state index contributed by atoms with van der Waals surface area (Å²) in [6.07, 6.45) is 3.51. The Morgan fingerprint density at radius 3 is 2.65 bits per heavy atom. The third-order valence-corrected chi connectivity index (χ3v) is 4.13. The molecule has 134 valence electrons. The van der Waals surface area contributed by atoms with Crippen molar-refractivity contribution in [3.63, 3.8) is 0 Å². The third kappa shape index (κ3) is 5.25. The van der Waals surface area contributed by atoms with Crippen molar-refractivity contribution in [2.75, 3.05) is 11.9 Å². The van der Waals surface area contributed by atoms with Gasteiger partial charge in [0.2, 0.25) is 11.0 Å². The maximum absolute atomic E-state index is 11.9. The van der Waals surface area contributed by atoms with Crippen molar-refractivity contribution < 1.29 is 14.3 Å². The lowest BCUT2D eigenvalue weighted by Crippen LogP contribution is -2.20. The van der Waals surface area contributed by atoms with Gasteiger partial charge in [-0.15, -0.1) is 10.2 Å². The molecule has 1 N–H and O–H groups in total. The normalized spacial score (nSPS) is 10.3. The summed E-state index contributed by atoms with van der Waals surface area (Å²) in [6, 6.07) is 12.4. The molecular formula is C18H18N4O3S. The largest absolute Gasteiger partial charge is 0.484 e. The average molecular weight is 370 g/mol. The van der Waals surface area contributed by atoms with Gasteiger partial charge in [-0.25, -0.2) is 4.98 Å². The Kier molecular flexibility index (Phi) is 6.10. The van der Waals surface area contributed by atoms with Gasteiger partial charge in [0.05, 0.1) is 0 Å². The highest BCUT2D eigenvalue weighted by Gasteiger charge is 2.09. The van der Waals surface area contributed by atoms with Gasteiger partial charge in [0, 0.05) is 18.7 Å². The molecule has 0 radical (unpaired) electrons. The molecule has 8 heteroatoms. The minimum atomic E-state index is -0.280. The fourth-order valence-corrected chi connectivity index (χ4v) is 2.91. The average Bonchev–Trinajstić information content (AvgIpc) is 3.09. The first-order chi connectivity index (χ1) is 12.7. The molecule has 26 heavy (non-hydrogen) atoms. The zero-order valence-electron chi connectivity index (χ0n) is 14.2. The number of amides is 1. The first-order valence-corrected chi connectivity index (χ1v) is 8.98. The summed E-state index contributed by atoms with van der Waals surface area (Å²) in [5.41, 5.74) is 0. The van der Waals surface area contributed by atoms with E-state index in [0.717, 1.165) is 17.8 Å². The van der Waals surface area contributed by atoms with E-state index in [0.29, 0.717) is 22.5 Å². The maximum atomic E-state index is 11.9. The van der Waals surface area contributed by atoms with E-state index < -0.39 is 0 Å². The molecule has 0 aliphatic heterocycles. The van der Waals surface area contributed by atoms with Crippen LogP contribution in [0.1, 0.15) is 18.4 Å². The standard InChI is InChI=1S/C18H18N4O3S/c1-2-5-17-21-22-18(26-17)20-15(23)12-24-13-7-9-14(10-8-13)25-16-6-3-4-11-19-16/h3-4,6-11H,2,5,12H2,1H3,(H,20,22,23). The van der Waals surface area contributed by atoms with Crippen LogP contribution in [-0.2, 0) is 11.2 Å². The van der Waals surface area contributed by atoms with Gasteiger partial charge < -0.3 is 9.47 Å². The van der Waals surface area contributed by atoms with Crippen LogP contribution in [0.15, 0.2) is 48.7 Å². The zero-order valence-corrected chi connectivity index (χ0v) is 15.0. The Hall–Kier alpha value is -3.00. The van der Waals surface area contributed by atoms with Gasteiger partial charge in [-0.2, -0.15) is 0 Å². The number of aromatic nitrogens is 3. The molecule has 1 amide bonds. The number of hydrogen-bond donors (Lipinski definition) is 1. The number of carbonyl (C=O) groups excluding carboxylic acids is 1. The molecule has 0 unspecified atom stereocenters. The smallest absolute Gasteiger partial charge is 0.264 e. The summed E-state index contributed by atoms with van der Waals surface area (Å²) in [6.45, 7) is 1.96. The SMILES string of the molecule is CCCc1nnc(NC(=O)COc2ccc(Oc3ccccn3)cc2)s1. The van der Waals surface area contributed by atoms with Gasteiger partial charge in [-0.05, 0) is 36.8 Å². The number of nitrogens with zero attached hydrogens (tertiary/aromatic N) is 3. The van der Waals surface area contributed by atoms with Crippen LogP contribution in [0.4, 0.5) is 5.13 Å². The highest BCUT2D eigenvalue weighted by atomic mass is 32.1. The second-order valence-electron chi connectivity index (χ2n) is 5.33. The van der Waals surface area contributed by atoms with Crippen molar-refractivity contribution in [1.82, 2.24) is 15.2 Å². The fraction of sp³-hybridized carbons (Fsp3) is 0.222. The topological polar surface area (TPSA) is 86.2 Å². The van der Waals surface area contributed by atoms with E-state index in [1.807, 2.05) is 12.1 Å². The molecular weight excluding hydrogens is 352 g/mol. The molecule has 2 heterocycles. The highest BCUT2D eigenvalue weighted by molar-refractivity contribution is 7.15. The summed E-state index contributed by atoms with van der Waals surface area (Å²) >= 11 is 1.38. The highest BCUT2D eigenvalue weighted by Crippen LogP contribution is 2.22. The van der Waals surface area contributed by atoms with Gasteiger partial charge in [-0.1, -0.05) is 24.3 Å². The summed E-state index contributed by atoms with van der Waals surface area (Å²) < 4.78 is 11.1. The van der Waals surface area contributed by atoms with E-state index in [-0.39, 0.29) is 12.5 Å². The molecule has 1 aromatic carbocycles. The predicted octanol–water partition coefficient (Wildman–Crippen LogP) is 3.70. The number of aryl methyl sites for hydroxylation is 1. The molecule has 0 aliphatic carbocycles. The number of anilines is 1. The zero-order chi connectivity index (χ0) is 18.2. The third-order valence-electron chi connectivity index (χ3n) is 3.23. The molecule has 0 saturated heterocycles. The maximum Gasteiger partial charge on any atom is 0.264 e. The summed E-state index contributed by atoms with van der Waals surface area (Å²) in [4.78, 5) is 16.0. The number of ether oxygens (including phenoxy) is 2. The molecule has 0 bridgehead atoms. The fourth-order valence-electron chi connectivity index (χ4n) is 2.06. The number of benzene rings is 1. The second kappa shape index (κ2) is 8.91. The first-order valence-electron chi connectivity index (χ1n) is 8.17. The van der Waals surface area contributed by atoms with Gasteiger partial charge in [-0.3, -0.25) is 10.1 Å². The van der Waals surface area contributed by atoms with Crippen molar-refractivity contribution in [3.8, 4) is 17.4 Å². The van der Waals surface area contributed by atoms with Crippen LogP contribution in [0.25, 0.3) is 0 Å². The van der Waals surface area contributed by atoms with E-state index in [1.165, 1.54) is 11.3 Å². The van der Waals surface area contributed by atoms with E-state index >= 15 is 0 Å². The van der Waals surface area contributed by atoms with Crippen LogP contribution in [0, 0.1) is 0 Å². The monoisotopic (exact) mass is 370 g/mol. The van der Waals surface area contributed by atoms with Gasteiger partial charge in [0.25, 0.3) is 5.91 Å². The minimum Gasteiger partial charge on any atom is -0.484 e. The number of nitrogens with one attached hydrogen (secondary N) is 1. The predicted molar refractivity (Wildman–Crippen MR) is 98.8 cm³/mol. The van der Waals surface area contributed by atoms with E-state index in [4.69, 9.17) is 9.47 Å². The molecule has 0 aliphatic rings. The molecule has 2 aromatic heterocycles. The van der Waals surface area contributed by atoms with Crippen LogP contribution >= 0.6 is 11.3 Å². The van der Waals surface area contributed by atoms with Crippen molar-refractivity contribution >= 4 is 22.4 Å². The molecule has 3 aromatic rings. The summed E-state index contributed by atoms with van der Waals surface area (Å²) in [7, 11) is 0. The lowest BCUT2D eigenvalue weighted by Gasteiger charge is -2.07. The van der Waals surface area contributed by atoms with Gasteiger partial charge >= 0.3 is 0 Å². The van der Waals surface area contributed by atoms with Crippen molar-refractivity contribution in [2.45, 2.75) is 19.8 Å². The molecule has 0 saturated carbocycles. The summed E-state index contributed by atoms with van der Waals surface area (Å²) in [5.74, 6) is 1.44. The van der Waals surface area contributed by atoms with E-state index in [1.54, 1.807) is 36.5 Å². The van der Waals surface area contributed by atoms with E-state index in [2.05, 4.69) is 27.4 Å². The Morgan fingerprint density at radius 1 is 1.12 bits per heavy atom. The summed E-state index contributed by atoms with van der Waals surface area (Å²) in [5, 5.41) is 12.0. The number of hydrogen-bond acceptors (Lipinski definition) is 7. The Bertz CT molecular complexity index is 837. The van der Waals surface area contributed by atoms with Crippen molar-refractivity contribution in [2.24, 2.45) is 0 Å². The Balaban J connectivity index is 1.47. The molecule has 0 spiro atoms. The van der Waals surface area contributed by atoms with Crippen LogP contribution < -0.4 is 14.8 Å². The number of pyridine rings is 1. The Morgan fingerprint density at radius 2 is 1.92 bits per heavy atom. The molecule has 0 atom stereocenters. The number of rotatable bonds is 8. The Labute approximate surface area is 155 Å². The second-order valence-corrected chi connectivity index (χ2v) is 6.39. The van der Waals surface area contributed by atoms with Crippen molar-refractivity contribution in [1.29, 1.82) is 0 Å².